The van der Waals surface area contributed by atoms with Crippen molar-refractivity contribution in [2.75, 3.05) is 44.3 Å². The summed E-state index contributed by atoms with van der Waals surface area (Å²) in [4.78, 5) is 26.7. The number of ether oxygens (including phenoxy) is 1. The van der Waals surface area contributed by atoms with Crippen molar-refractivity contribution in [3.05, 3.63) is 42.9 Å². The first-order chi connectivity index (χ1) is 15.2. The topological polar surface area (TPSA) is 63.5 Å². The molecule has 0 saturated carbocycles. The smallest absolute Gasteiger partial charge is 0.242 e. The van der Waals surface area contributed by atoms with E-state index in [2.05, 4.69) is 44.7 Å². The first-order valence-electron chi connectivity index (χ1n) is 11.2. The summed E-state index contributed by atoms with van der Waals surface area (Å²) in [5.74, 6) is 1.75. The Morgan fingerprint density at radius 1 is 1.06 bits per heavy atom. The summed E-state index contributed by atoms with van der Waals surface area (Å²) in [6.45, 7) is 7.20. The van der Waals surface area contributed by atoms with Crippen molar-refractivity contribution in [3.63, 3.8) is 0 Å². The maximum Gasteiger partial charge on any atom is 0.242 e. The molecule has 7 heteroatoms. The zero-order valence-corrected chi connectivity index (χ0v) is 18.0. The van der Waals surface area contributed by atoms with Gasteiger partial charge in [-0.15, -0.1) is 0 Å². The van der Waals surface area contributed by atoms with E-state index in [-0.39, 0.29) is 5.91 Å². The van der Waals surface area contributed by atoms with E-state index >= 15 is 0 Å². The summed E-state index contributed by atoms with van der Waals surface area (Å²) in [5, 5.41) is 0. The third-order valence-electron chi connectivity index (χ3n) is 6.47. The van der Waals surface area contributed by atoms with E-state index in [0.717, 1.165) is 67.0 Å². The molecular weight excluding hydrogens is 390 g/mol. The minimum absolute atomic E-state index is 0.167. The molecule has 0 bridgehead atoms. The lowest BCUT2D eigenvalue weighted by atomic mass is 9.99. The molecule has 0 radical (unpaired) electrons. The van der Waals surface area contributed by atoms with Crippen LogP contribution in [0.1, 0.15) is 19.8 Å². The summed E-state index contributed by atoms with van der Waals surface area (Å²) in [6.07, 6.45) is 5.87. The number of piperidine rings is 1. The molecule has 0 N–H and O–H groups in total. The SMILES string of the molecule is CC1CCN(C(=O)Cn2cc(-c3ccccc3)c3ncnc(N4CCOCC4)c32)CC1. The molecule has 2 saturated heterocycles. The highest BCUT2D eigenvalue weighted by molar-refractivity contribution is 5.99. The van der Waals surface area contributed by atoms with Crippen LogP contribution in [0.4, 0.5) is 5.82 Å². The van der Waals surface area contributed by atoms with Crippen LogP contribution in [0.3, 0.4) is 0 Å². The Labute approximate surface area is 182 Å². The average Bonchev–Trinajstić information content (AvgIpc) is 3.19. The lowest BCUT2D eigenvalue weighted by Gasteiger charge is -2.31. The number of carbonyl (C=O) groups excluding carboxylic acids is 1. The molecule has 0 aliphatic carbocycles. The van der Waals surface area contributed by atoms with Gasteiger partial charge in [0.05, 0.1) is 13.2 Å². The van der Waals surface area contributed by atoms with Gasteiger partial charge in [-0.3, -0.25) is 4.79 Å². The largest absolute Gasteiger partial charge is 0.378 e. The van der Waals surface area contributed by atoms with E-state index in [0.29, 0.717) is 25.7 Å². The van der Waals surface area contributed by atoms with Gasteiger partial charge in [-0.1, -0.05) is 37.3 Å². The monoisotopic (exact) mass is 419 g/mol. The number of morpholine rings is 1. The van der Waals surface area contributed by atoms with Crippen molar-refractivity contribution < 1.29 is 9.53 Å². The molecule has 2 aromatic heterocycles. The summed E-state index contributed by atoms with van der Waals surface area (Å²) in [5.41, 5.74) is 3.95. The highest BCUT2D eigenvalue weighted by Gasteiger charge is 2.25. The molecule has 1 amide bonds. The number of amides is 1. The van der Waals surface area contributed by atoms with Crippen molar-refractivity contribution >= 4 is 22.8 Å². The van der Waals surface area contributed by atoms with Gasteiger partial charge >= 0.3 is 0 Å². The first-order valence-corrected chi connectivity index (χ1v) is 11.2. The van der Waals surface area contributed by atoms with Gasteiger partial charge < -0.3 is 19.1 Å². The van der Waals surface area contributed by atoms with Gasteiger partial charge in [0.25, 0.3) is 0 Å². The van der Waals surface area contributed by atoms with Crippen molar-refractivity contribution in [2.24, 2.45) is 5.92 Å². The minimum Gasteiger partial charge on any atom is -0.378 e. The summed E-state index contributed by atoms with van der Waals surface area (Å²) < 4.78 is 7.60. The van der Waals surface area contributed by atoms with Crippen molar-refractivity contribution in [2.45, 2.75) is 26.3 Å². The highest BCUT2D eigenvalue weighted by Crippen LogP contribution is 2.34. The van der Waals surface area contributed by atoms with Crippen molar-refractivity contribution in [1.29, 1.82) is 0 Å². The number of hydrogen-bond acceptors (Lipinski definition) is 5. The van der Waals surface area contributed by atoms with Crippen LogP contribution < -0.4 is 4.90 Å². The number of fused-ring (bicyclic) bond motifs is 1. The zero-order valence-electron chi connectivity index (χ0n) is 18.0. The quantitative estimate of drug-likeness (QED) is 0.650. The summed E-state index contributed by atoms with van der Waals surface area (Å²) in [6, 6.07) is 10.2. The molecule has 0 spiro atoms. The maximum absolute atomic E-state index is 13.2. The molecule has 7 nitrogen and oxygen atoms in total. The van der Waals surface area contributed by atoms with Crippen LogP contribution in [0.2, 0.25) is 0 Å². The Morgan fingerprint density at radius 2 is 1.81 bits per heavy atom. The minimum atomic E-state index is 0.167. The Kier molecular flexibility index (Phi) is 5.59. The number of benzene rings is 1. The molecule has 31 heavy (non-hydrogen) atoms. The number of aromatic nitrogens is 3. The predicted molar refractivity (Wildman–Crippen MR) is 121 cm³/mol. The summed E-state index contributed by atoms with van der Waals surface area (Å²) in [7, 11) is 0. The second-order valence-corrected chi connectivity index (χ2v) is 8.59. The number of anilines is 1. The molecule has 5 rings (SSSR count). The number of carbonyl (C=O) groups is 1. The van der Waals surface area contributed by atoms with Crippen LogP contribution >= 0.6 is 0 Å². The Bertz CT molecular complexity index is 1050. The van der Waals surface area contributed by atoms with E-state index in [1.165, 1.54) is 0 Å². The van der Waals surface area contributed by atoms with Crippen molar-refractivity contribution in [1.82, 2.24) is 19.4 Å². The van der Waals surface area contributed by atoms with Crippen LogP contribution in [0.25, 0.3) is 22.2 Å². The van der Waals surface area contributed by atoms with Crippen molar-refractivity contribution in [3.8, 4) is 11.1 Å². The molecule has 2 aliphatic heterocycles. The fourth-order valence-electron chi connectivity index (χ4n) is 4.58. The van der Waals surface area contributed by atoms with Gasteiger partial charge in [0, 0.05) is 37.9 Å². The summed E-state index contributed by atoms with van der Waals surface area (Å²) >= 11 is 0. The second-order valence-electron chi connectivity index (χ2n) is 8.59. The van der Waals surface area contributed by atoms with Crippen LogP contribution in [0.15, 0.2) is 42.9 Å². The van der Waals surface area contributed by atoms with E-state index in [4.69, 9.17) is 4.74 Å². The number of rotatable bonds is 4. The Morgan fingerprint density at radius 3 is 2.55 bits per heavy atom. The predicted octanol–water partition coefficient (Wildman–Crippen LogP) is 3.19. The molecule has 0 unspecified atom stereocenters. The van der Waals surface area contributed by atoms with E-state index in [1.54, 1.807) is 6.33 Å². The number of nitrogens with zero attached hydrogens (tertiary/aromatic N) is 5. The van der Waals surface area contributed by atoms with E-state index < -0.39 is 0 Å². The Balaban J connectivity index is 1.56. The third kappa shape index (κ3) is 4.02. The van der Waals surface area contributed by atoms with Crippen LogP contribution in [-0.2, 0) is 16.1 Å². The molecule has 4 heterocycles. The van der Waals surface area contributed by atoms with Crippen LogP contribution in [0, 0.1) is 5.92 Å². The molecule has 0 atom stereocenters. The van der Waals surface area contributed by atoms with Gasteiger partial charge in [-0.25, -0.2) is 9.97 Å². The third-order valence-corrected chi connectivity index (χ3v) is 6.47. The van der Waals surface area contributed by atoms with Gasteiger partial charge in [0.15, 0.2) is 5.82 Å². The fraction of sp³-hybridized carbons (Fsp3) is 0.458. The van der Waals surface area contributed by atoms with Crippen LogP contribution in [0.5, 0.6) is 0 Å². The molecule has 162 valence electrons. The van der Waals surface area contributed by atoms with E-state index in [9.17, 15) is 4.79 Å². The number of hydrogen-bond donors (Lipinski definition) is 0. The molecular formula is C24H29N5O2. The fourth-order valence-corrected chi connectivity index (χ4v) is 4.58. The van der Waals surface area contributed by atoms with Gasteiger partial charge in [-0.2, -0.15) is 0 Å². The lowest BCUT2D eigenvalue weighted by molar-refractivity contribution is -0.133. The van der Waals surface area contributed by atoms with E-state index in [1.807, 2.05) is 23.1 Å². The Hall–Kier alpha value is -2.93. The second kappa shape index (κ2) is 8.67. The van der Waals surface area contributed by atoms with Gasteiger partial charge in [0.1, 0.15) is 23.9 Å². The average molecular weight is 420 g/mol. The normalized spacial score (nSPS) is 18.0. The number of likely N-dealkylation sites (tertiary alicyclic amines) is 1. The first kappa shape index (κ1) is 20.0. The van der Waals surface area contributed by atoms with Crippen LogP contribution in [-0.4, -0.2) is 64.7 Å². The standard InChI is InChI=1S/C24H29N5O2/c1-18-7-9-27(10-8-18)21(30)16-29-15-20(19-5-3-2-4-6-19)22-23(29)24(26-17-25-22)28-11-13-31-14-12-28/h2-6,15,17-18H,7-14,16H2,1H3. The molecule has 2 fully saturated rings. The molecule has 2 aliphatic rings. The van der Waals surface area contributed by atoms with Gasteiger partial charge in [0.2, 0.25) is 5.91 Å². The highest BCUT2D eigenvalue weighted by atomic mass is 16.5. The zero-order chi connectivity index (χ0) is 21.2. The lowest BCUT2D eigenvalue weighted by Crippen LogP contribution is -2.40. The molecule has 1 aromatic carbocycles. The molecule has 3 aromatic rings. The maximum atomic E-state index is 13.2. The van der Waals surface area contributed by atoms with Gasteiger partial charge in [-0.05, 0) is 24.3 Å².